The SMILES string of the molecule is CCOc1ccc(CNc2ccc(OC(C)C)cc2)cc1. The summed E-state index contributed by atoms with van der Waals surface area (Å²) in [6.07, 6.45) is 0.202. The third kappa shape index (κ3) is 5.03. The summed E-state index contributed by atoms with van der Waals surface area (Å²) < 4.78 is 11.1. The van der Waals surface area contributed by atoms with Crippen molar-refractivity contribution < 1.29 is 9.47 Å². The molecule has 0 aliphatic heterocycles. The maximum Gasteiger partial charge on any atom is 0.119 e. The first-order chi connectivity index (χ1) is 10.2. The minimum atomic E-state index is 0.202. The van der Waals surface area contributed by atoms with Gasteiger partial charge in [-0.15, -0.1) is 0 Å². The maximum atomic E-state index is 5.63. The summed E-state index contributed by atoms with van der Waals surface area (Å²) in [7, 11) is 0. The highest BCUT2D eigenvalue weighted by molar-refractivity contribution is 5.47. The van der Waals surface area contributed by atoms with Gasteiger partial charge >= 0.3 is 0 Å². The zero-order valence-corrected chi connectivity index (χ0v) is 12.9. The Balaban J connectivity index is 1.87. The molecule has 0 aliphatic carbocycles. The summed E-state index contributed by atoms with van der Waals surface area (Å²) in [5.74, 6) is 1.81. The van der Waals surface area contributed by atoms with Crippen LogP contribution in [0.15, 0.2) is 48.5 Å². The lowest BCUT2D eigenvalue weighted by Gasteiger charge is -2.11. The van der Waals surface area contributed by atoms with E-state index in [9.17, 15) is 0 Å². The maximum absolute atomic E-state index is 5.63. The Hall–Kier alpha value is -2.16. The fraction of sp³-hybridized carbons (Fsp3) is 0.333. The van der Waals surface area contributed by atoms with Gasteiger partial charge in [-0.25, -0.2) is 0 Å². The minimum absolute atomic E-state index is 0.202. The van der Waals surface area contributed by atoms with Gasteiger partial charge < -0.3 is 14.8 Å². The van der Waals surface area contributed by atoms with E-state index >= 15 is 0 Å². The highest BCUT2D eigenvalue weighted by Gasteiger charge is 1.99. The number of hydrogen-bond acceptors (Lipinski definition) is 3. The zero-order valence-electron chi connectivity index (χ0n) is 12.9. The molecule has 0 aromatic heterocycles. The lowest BCUT2D eigenvalue weighted by molar-refractivity contribution is 0.242. The van der Waals surface area contributed by atoms with Crippen molar-refractivity contribution in [3.8, 4) is 11.5 Å². The van der Waals surface area contributed by atoms with Crippen molar-refractivity contribution in [1.82, 2.24) is 0 Å². The van der Waals surface area contributed by atoms with Gasteiger partial charge in [0, 0.05) is 12.2 Å². The summed E-state index contributed by atoms with van der Waals surface area (Å²) in [5, 5.41) is 3.40. The summed E-state index contributed by atoms with van der Waals surface area (Å²) in [5.41, 5.74) is 2.31. The van der Waals surface area contributed by atoms with Crippen LogP contribution in [0.4, 0.5) is 5.69 Å². The van der Waals surface area contributed by atoms with Crippen molar-refractivity contribution in [2.45, 2.75) is 33.4 Å². The number of anilines is 1. The van der Waals surface area contributed by atoms with E-state index in [1.54, 1.807) is 0 Å². The van der Waals surface area contributed by atoms with Gasteiger partial charge in [-0.05, 0) is 62.7 Å². The topological polar surface area (TPSA) is 30.5 Å². The highest BCUT2D eigenvalue weighted by atomic mass is 16.5. The van der Waals surface area contributed by atoms with E-state index in [2.05, 4.69) is 17.4 Å². The van der Waals surface area contributed by atoms with Crippen LogP contribution in [-0.4, -0.2) is 12.7 Å². The summed E-state index contributed by atoms with van der Waals surface area (Å²) in [6.45, 7) is 7.53. The van der Waals surface area contributed by atoms with E-state index in [0.29, 0.717) is 6.61 Å². The smallest absolute Gasteiger partial charge is 0.119 e. The molecule has 0 aliphatic rings. The van der Waals surface area contributed by atoms with E-state index in [0.717, 1.165) is 23.7 Å². The number of rotatable bonds is 7. The van der Waals surface area contributed by atoms with Crippen LogP contribution in [0.5, 0.6) is 11.5 Å². The molecule has 21 heavy (non-hydrogen) atoms. The summed E-state index contributed by atoms with van der Waals surface area (Å²) >= 11 is 0. The molecule has 0 atom stereocenters. The first kappa shape index (κ1) is 15.2. The average molecular weight is 285 g/mol. The molecule has 0 bridgehead atoms. The number of hydrogen-bond donors (Lipinski definition) is 1. The van der Waals surface area contributed by atoms with E-state index in [4.69, 9.17) is 9.47 Å². The summed E-state index contributed by atoms with van der Waals surface area (Å²) in [6, 6.07) is 16.2. The van der Waals surface area contributed by atoms with E-state index < -0.39 is 0 Å². The Morgan fingerprint density at radius 2 is 1.52 bits per heavy atom. The highest BCUT2D eigenvalue weighted by Crippen LogP contribution is 2.18. The van der Waals surface area contributed by atoms with Crippen LogP contribution in [0.25, 0.3) is 0 Å². The van der Waals surface area contributed by atoms with Crippen LogP contribution >= 0.6 is 0 Å². The quantitative estimate of drug-likeness (QED) is 0.813. The first-order valence-corrected chi connectivity index (χ1v) is 7.39. The van der Waals surface area contributed by atoms with Crippen molar-refractivity contribution in [2.24, 2.45) is 0 Å². The molecule has 0 heterocycles. The van der Waals surface area contributed by atoms with Crippen LogP contribution in [0.1, 0.15) is 26.3 Å². The average Bonchev–Trinajstić information content (AvgIpc) is 2.48. The van der Waals surface area contributed by atoms with Gasteiger partial charge in [0.25, 0.3) is 0 Å². The summed E-state index contributed by atoms with van der Waals surface area (Å²) in [4.78, 5) is 0. The lowest BCUT2D eigenvalue weighted by atomic mass is 10.2. The molecule has 2 aromatic carbocycles. The Kier molecular flexibility index (Phi) is 5.50. The second kappa shape index (κ2) is 7.58. The third-order valence-corrected chi connectivity index (χ3v) is 2.96. The minimum Gasteiger partial charge on any atom is -0.494 e. The molecule has 3 heteroatoms. The zero-order chi connectivity index (χ0) is 15.1. The molecule has 112 valence electrons. The predicted molar refractivity (Wildman–Crippen MR) is 87.1 cm³/mol. The molecule has 3 nitrogen and oxygen atoms in total. The van der Waals surface area contributed by atoms with Crippen molar-refractivity contribution in [3.63, 3.8) is 0 Å². The second-order valence-electron chi connectivity index (χ2n) is 5.12. The molecule has 0 spiro atoms. The van der Waals surface area contributed by atoms with Gasteiger partial charge in [-0.2, -0.15) is 0 Å². The van der Waals surface area contributed by atoms with Crippen LogP contribution < -0.4 is 14.8 Å². The van der Waals surface area contributed by atoms with Crippen LogP contribution in [0, 0.1) is 0 Å². The molecule has 0 saturated carbocycles. The van der Waals surface area contributed by atoms with Gasteiger partial charge in [0.2, 0.25) is 0 Å². The molecule has 0 unspecified atom stereocenters. The number of nitrogens with one attached hydrogen (secondary N) is 1. The number of ether oxygens (including phenoxy) is 2. The standard InChI is InChI=1S/C18H23NO2/c1-4-20-17-9-5-15(6-10-17)13-19-16-7-11-18(12-8-16)21-14(2)3/h5-12,14,19H,4,13H2,1-3H3. The fourth-order valence-electron chi connectivity index (χ4n) is 2.00. The monoisotopic (exact) mass is 285 g/mol. The largest absolute Gasteiger partial charge is 0.494 e. The predicted octanol–water partition coefficient (Wildman–Crippen LogP) is 4.48. The van der Waals surface area contributed by atoms with Crippen molar-refractivity contribution in [2.75, 3.05) is 11.9 Å². The van der Waals surface area contributed by atoms with Crippen molar-refractivity contribution >= 4 is 5.69 Å². The van der Waals surface area contributed by atoms with E-state index in [1.807, 2.05) is 57.2 Å². The van der Waals surface area contributed by atoms with Crippen LogP contribution in [0.3, 0.4) is 0 Å². The number of benzene rings is 2. The molecule has 0 radical (unpaired) electrons. The molecule has 1 N–H and O–H groups in total. The van der Waals surface area contributed by atoms with Crippen LogP contribution in [-0.2, 0) is 6.54 Å². The van der Waals surface area contributed by atoms with Gasteiger partial charge in [-0.3, -0.25) is 0 Å². The molecule has 2 rings (SSSR count). The third-order valence-electron chi connectivity index (χ3n) is 2.96. The van der Waals surface area contributed by atoms with Crippen molar-refractivity contribution in [3.05, 3.63) is 54.1 Å². The normalized spacial score (nSPS) is 10.5. The lowest BCUT2D eigenvalue weighted by Crippen LogP contribution is -2.05. The molecule has 2 aromatic rings. The Morgan fingerprint density at radius 3 is 2.10 bits per heavy atom. The van der Waals surface area contributed by atoms with E-state index in [1.165, 1.54) is 5.56 Å². The Morgan fingerprint density at radius 1 is 0.905 bits per heavy atom. The fourth-order valence-corrected chi connectivity index (χ4v) is 2.00. The molecular formula is C18H23NO2. The molecule has 0 saturated heterocycles. The first-order valence-electron chi connectivity index (χ1n) is 7.39. The second-order valence-corrected chi connectivity index (χ2v) is 5.12. The molecule has 0 amide bonds. The molecular weight excluding hydrogens is 262 g/mol. The van der Waals surface area contributed by atoms with E-state index in [-0.39, 0.29) is 6.10 Å². The van der Waals surface area contributed by atoms with Gasteiger partial charge in [0.15, 0.2) is 0 Å². The van der Waals surface area contributed by atoms with Crippen molar-refractivity contribution in [1.29, 1.82) is 0 Å². The Labute approximate surface area is 126 Å². The van der Waals surface area contributed by atoms with Gasteiger partial charge in [0.05, 0.1) is 12.7 Å². The molecule has 0 fully saturated rings. The van der Waals surface area contributed by atoms with Gasteiger partial charge in [-0.1, -0.05) is 12.1 Å². The van der Waals surface area contributed by atoms with Crippen LogP contribution in [0.2, 0.25) is 0 Å². The van der Waals surface area contributed by atoms with Gasteiger partial charge in [0.1, 0.15) is 11.5 Å². The Bertz CT molecular complexity index is 532.